The number of amides is 1. The summed E-state index contributed by atoms with van der Waals surface area (Å²) in [7, 11) is 0. The molecule has 1 N–H and O–H groups in total. The van der Waals surface area contributed by atoms with Gasteiger partial charge < -0.3 is 5.32 Å². The molecule has 2 heterocycles. The summed E-state index contributed by atoms with van der Waals surface area (Å²) in [6.45, 7) is 0. The van der Waals surface area contributed by atoms with Crippen LogP contribution in [0.3, 0.4) is 0 Å². The quantitative estimate of drug-likeness (QED) is 0.867. The lowest BCUT2D eigenvalue weighted by molar-refractivity contribution is 0.102. The first-order valence-electron chi connectivity index (χ1n) is 4.71. The fourth-order valence-corrected chi connectivity index (χ4v) is 1.82. The normalized spacial score (nSPS) is 10.0. The van der Waals surface area contributed by atoms with E-state index in [0.717, 1.165) is 0 Å². The third-order valence-corrected chi connectivity index (χ3v) is 2.92. The minimum atomic E-state index is -0.340. The van der Waals surface area contributed by atoms with Gasteiger partial charge in [0.25, 0.3) is 5.91 Å². The molecule has 0 atom stereocenters. The van der Waals surface area contributed by atoms with Crippen LogP contribution in [-0.2, 0) is 0 Å². The SMILES string of the molecule is O=C(Nc1cccnc1Cl)c1ncccc1Br. The van der Waals surface area contributed by atoms with Crippen molar-refractivity contribution in [1.82, 2.24) is 9.97 Å². The molecule has 0 aromatic carbocycles. The molecule has 0 bridgehead atoms. The van der Waals surface area contributed by atoms with Gasteiger partial charge in [-0.1, -0.05) is 11.6 Å². The van der Waals surface area contributed by atoms with Crippen molar-refractivity contribution in [3.05, 3.63) is 52.0 Å². The second kappa shape index (κ2) is 5.25. The molecule has 1 amide bonds. The van der Waals surface area contributed by atoms with Crippen molar-refractivity contribution in [2.24, 2.45) is 0 Å². The van der Waals surface area contributed by atoms with Crippen LogP contribution < -0.4 is 5.32 Å². The van der Waals surface area contributed by atoms with Gasteiger partial charge in [0.2, 0.25) is 0 Å². The van der Waals surface area contributed by atoms with E-state index in [1.165, 1.54) is 0 Å². The average Bonchev–Trinajstić information content (AvgIpc) is 2.32. The summed E-state index contributed by atoms with van der Waals surface area (Å²) >= 11 is 9.09. The lowest BCUT2D eigenvalue weighted by atomic mass is 10.3. The standard InChI is InChI=1S/C11H7BrClN3O/c12-7-3-1-5-14-9(7)11(17)16-8-4-2-6-15-10(8)13/h1-6H,(H,16,17). The molecule has 2 aromatic heterocycles. The Bertz CT molecular complexity index is 562. The van der Waals surface area contributed by atoms with Gasteiger partial charge in [-0.15, -0.1) is 0 Å². The smallest absolute Gasteiger partial charge is 0.275 e. The Balaban J connectivity index is 2.24. The summed E-state index contributed by atoms with van der Waals surface area (Å²) in [5.74, 6) is -0.340. The van der Waals surface area contributed by atoms with E-state index in [9.17, 15) is 4.79 Å². The number of halogens is 2. The van der Waals surface area contributed by atoms with E-state index >= 15 is 0 Å². The maximum atomic E-state index is 11.9. The first-order chi connectivity index (χ1) is 8.18. The van der Waals surface area contributed by atoms with E-state index in [-0.39, 0.29) is 11.1 Å². The number of pyridine rings is 2. The molecular weight excluding hydrogens is 305 g/mol. The van der Waals surface area contributed by atoms with Crippen molar-refractivity contribution in [2.45, 2.75) is 0 Å². The first kappa shape index (κ1) is 12.0. The largest absolute Gasteiger partial charge is 0.318 e. The van der Waals surface area contributed by atoms with E-state index in [4.69, 9.17) is 11.6 Å². The monoisotopic (exact) mass is 311 g/mol. The lowest BCUT2D eigenvalue weighted by Gasteiger charge is -2.06. The Morgan fingerprint density at radius 1 is 1.24 bits per heavy atom. The van der Waals surface area contributed by atoms with Gasteiger partial charge in [0.15, 0.2) is 5.15 Å². The van der Waals surface area contributed by atoms with Crippen LogP contribution in [0.5, 0.6) is 0 Å². The number of anilines is 1. The van der Waals surface area contributed by atoms with Crippen LogP contribution >= 0.6 is 27.5 Å². The minimum absolute atomic E-state index is 0.243. The fourth-order valence-electron chi connectivity index (χ4n) is 1.21. The molecular formula is C11H7BrClN3O. The highest BCUT2D eigenvalue weighted by atomic mass is 79.9. The van der Waals surface area contributed by atoms with Gasteiger partial charge in [-0.05, 0) is 40.2 Å². The average molecular weight is 313 g/mol. The van der Waals surface area contributed by atoms with Crippen LogP contribution in [0.1, 0.15) is 10.5 Å². The van der Waals surface area contributed by atoms with Gasteiger partial charge in [-0.2, -0.15) is 0 Å². The Morgan fingerprint density at radius 3 is 2.65 bits per heavy atom. The number of nitrogens with zero attached hydrogens (tertiary/aromatic N) is 2. The molecule has 17 heavy (non-hydrogen) atoms. The van der Waals surface area contributed by atoms with Gasteiger partial charge in [-0.25, -0.2) is 9.97 Å². The van der Waals surface area contributed by atoms with Crippen molar-refractivity contribution in [3.8, 4) is 0 Å². The Hall–Kier alpha value is -1.46. The maximum absolute atomic E-state index is 11.9. The zero-order valence-electron chi connectivity index (χ0n) is 8.52. The molecule has 0 saturated heterocycles. The number of hydrogen-bond acceptors (Lipinski definition) is 3. The van der Waals surface area contributed by atoms with Crippen molar-refractivity contribution in [3.63, 3.8) is 0 Å². The van der Waals surface area contributed by atoms with Crippen LogP contribution in [0, 0.1) is 0 Å². The van der Waals surface area contributed by atoms with E-state index in [1.807, 2.05) is 0 Å². The van der Waals surface area contributed by atoms with Crippen molar-refractivity contribution in [1.29, 1.82) is 0 Å². The third-order valence-electron chi connectivity index (χ3n) is 1.98. The maximum Gasteiger partial charge on any atom is 0.275 e. The lowest BCUT2D eigenvalue weighted by Crippen LogP contribution is -2.14. The van der Waals surface area contributed by atoms with Gasteiger partial charge in [0, 0.05) is 16.9 Å². The molecule has 6 heteroatoms. The van der Waals surface area contributed by atoms with Crippen LogP contribution in [0.25, 0.3) is 0 Å². The van der Waals surface area contributed by atoms with Crippen LogP contribution in [0.4, 0.5) is 5.69 Å². The third kappa shape index (κ3) is 2.81. The molecule has 86 valence electrons. The Labute approximate surface area is 111 Å². The second-order valence-electron chi connectivity index (χ2n) is 3.13. The van der Waals surface area contributed by atoms with Gasteiger partial charge >= 0.3 is 0 Å². The molecule has 0 aliphatic rings. The number of nitrogens with one attached hydrogen (secondary N) is 1. The summed E-state index contributed by atoms with van der Waals surface area (Å²) in [4.78, 5) is 19.7. The molecule has 0 fully saturated rings. The second-order valence-corrected chi connectivity index (χ2v) is 4.34. The number of carbonyl (C=O) groups excluding carboxylic acids is 1. The van der Waals surface area contributed by atoms with Crippen molar-refractivity contribution >= 4 is 39.1 Å². The topological polar surface area (TPSA) is 54.9 Å². The van der Waals surface area contributed by atoms with E-state index < -0.39 is 0 Å². The number of aromatic nitrogens is 2. The zero-order valence-corrected chi connectivity index (χ0v) is 10.9. The first-order valence-corrected chi connectivity index (χ1v) is 5.88. The number of rotatable bonds is 2. The molecule has 0 aliphatic carbocycles. The van der Waals surface area contributed by atoms with E-state index in [2.05, 4.69) is 31.2 Å². The molecule has 0 aliphatic heterocycles. The van der Waals surface area contributed by atoms with Crippen LogP contribution in [-0.4, -0.2) is 15.9 Å². The fraction of sp³-hybridized carbons (Fsp3) is 0. The molecule has 4 nitrogen and oxygen atoms in total. The van der Waals surface area contributed by atoms with Crippen LogP contribution in [0.2, 0.25) is 5.15 Å². The highest BCUT2D eigenvalue weighted by Crippen LogP contribution is 2.20. The number of carbonyl (C=O) groups is 1. The number of hydrogen-bond donors (Lipinski definition) is 1. The summed E-state index contributed by atoms with van der Waals surface area (Å²) in [6, 6.07) is 6.84. The van der Waals surface area contributed by atoms with Crippen molar-refractivity contribution in [2.75, 3.05) is 5.32 Å². The highest BCUT2D eigenvalue weighted by Gasteiger charge is 2.12. The highest BCUT2D eigenvalue weighted by molar-refractivity contribution is 9.10. The minimum Gasteiger partial charge on any atom is -0.318 e. The summed E-state index contributed by atoms with van der Waals surface area (Å²) in [5.41, 5.74) is 0.754. The molecule has 0 unspecified atom stereocenters. The summed E-state index contributed by atoms with van der Waals surface area (Å²) < 4.78 is 0.623. The summed E-state index contributed by atoms with van der Waals surface area (Å²) in [5, 5.41) is 2.88. The summed E-state index contributed by atoms with van der Waals surface area (Å²) in [6.07, 6.45) is 3.10. The molecule has 0 radical (unpaired) electrons. The zero-order chi connectivity index (χ0) is 12.3. The van der Waals surface area contributed by atoms with Gasteiger partial charge in [0.05, 0.1) is 5.69 Å². The molecule has 0 spiro atoms. The molecule has 0 saturated carbocycles. The van der Waals surface area contributed by atoms with E-state index in [1.54, 1.807) is 36.7 Å². The van der Waals surface area contributed by atoms with E-state index in [0.29, 0.717) is 15.9 Å². The molecule has 2 aromatic rings. The van der Waals surface area contributed by atoms with Crippen LogP contribution in [0.15, 0.2) is 41.1 Å². The Morgan fingerprint density at radius 2 is 1.94 bits per heavy atom. The van der Waals surface area contributed by atoms with Gasteiger partial charge in [0.1, 0.15) is 5.69 Å². The predicted molar refractivity (Wildman–Crippen MR) is 69.1 cm³/mol. The van der Waals surface area contributed by atoms with Gasteiger partial charge in [-0.3, -0.25) is 4.79 Å². The van der Waals surface area contributed by atoms with Crippen molar-refractivity contribution < 1.29 is 4.79 Å². The predicted octanol–water partition coefficient (Wildman–Crippen LogP) is 3.14. The Kier molecular flexibility index (Phi) is 3.71. The molecule has 2 rings (SSSR count).